The van der Waals surface area contributed by atoms with Crippen LogP contribution in [-0.2, 0) is 9.59 Å². The maximum Gasteiger partial charge on any atom is 0.326 e. The van der Waals surface area contributed by atoms with Crippen LogP contribution in [0.5, 0.6) is 0 Å². The highest BCUT2D eigenvalue weighted by Crippen LogP contribution is 2.06. The van der Waals surface area contributed by atoms with Crippen LogP contribution in [0.25, 0.3) is 5.65 Å². The molecule has 8 nitrogen and oxygen atoms in total. The summed E-state index contributed by atoms with van der Waals surface area (Å²) in [4.78, 5) is 37.9. The summed E-state index contributed by atoms with van der Waals surface area (Å²) in [6, 6.07) is 4.09. The van der Waals surface area contributed by atoms with Crippen molar-refractivity contribution in [2.75, 3.05) is 0 Å². The second-order valence-electron chi connectivity index (χ2n) is 4.46. The Morgan fingerprint density at radius 3 is 2.76 bits per heavy atom. The van der Waals surface area contributed by atoms with E-state index in [1.54, 1.807) is 28.8 Å². The average molecular weight is 290 g/mol. The summed E-state index contributed by atoms with van der Waals surface area (Å²) >= 11 is 0. The number of aliphatic carboxylic acids is 1. The van der Waals surface area contributed by atoms with E-state index in [9.17, 15) is 14.4 Å². The van der Waals surface area contributed by atoms with Crippen molar-refractivity contribution in [1.29, 1.82) is 0 Å². The molecular formula is C13H14N4O4. The van der Waals surface area contributed by atoms with Gasteiger partial charge in [-0.25, -0.2) is 9.78 Å². The van der Waals surface area contributed by atoms with Crippen LogP contribution < -0.4 is 11.1 Å². The fourth-order valence-electron chi connectivity index (χ4n) is 1.82. The van der Waals surface area contributed by atoms with Gasteiger partial charge in [0.05, 0.1) is 0 Å². The van der Waals surface area contributed by atoms with Crippen molar-refractivity contribution in [3.63, 3.8) is 0 Å². The lowest BCUT2D eigenvalue weighted by Crippen LogP contribution is -2.41. The first kappa shape index (κ1) is 14.5. The van der Waals surface area contributed by atoms with Gasteiger partial charge in [0.25, 0.3) is 5.91 Å². The first-order valence-corrected chi connectivity index (χ1v) is 6.23. The molecule has 4 N–H and O–H groups in total. The molecule has 0 spiro atoms. The highest BCUT2D eigenvalue weighted by molar-refractivity contribution is 5.95. The van der Waals surface area contributed by atoms with Crippen molar-refractivity contribution in [1.82, 2.24) is 14.7 Å². The fraction of sp³-hybridized carbons (Fsp3) is 0.231. The Morgan fingerprint density at radius 1 is 1.38 bits per heavy atom. The van der Waals surface area contributed by atoms with Crippen LogP contribution in [0.3, 0.4) is 0 Å². The number of carbonyl (C=O) groups excluding carboxylic acids is 2. The second-order valence-corrected chi connectivity index (χ2v) is 4.46. The first-order chi connectivity index (χ1) is 9.97. The summed E-state index contributed by atoms with van der Waals surface area (Å²) in [6.45, 7) is 0. The van der Waals surface area contributed by atoms with Crippen molar-refractivity contribution in [2.45, 2.75) is 18.9 Å². The van der Waals surface area contributed by atoms with Gasteiger partial charge in [-0.05, 0) is 18.6 Å². The molecule has 2 amide bonds. The number of aromatic nitrogens is 2. The predicted molar refractivity (Wildman–Crippen MR) is 72.5 cm³/mol. The topological polar surface area (TPSA) is 127 Å². The quantitative estimate of drug-likeness (QED) is 0.678. The number of carboxylic acids is 1. The van der Waals surface area contributed by atoms with Gasteiger partial charge in [0.15, 0.2) is 0 Å². The molecule has 0 fully saturated rings. The van der Waals surface area contributed by atoms with E-state index in [2.05, 4.69) is 10.3 Å². The predicted octanol–water partition coefficient (Wildman–Crippen LogP) is -0.217. The van der Waals surface area contributed by atoms with E-state index < -0.39 is 23.8 Å². The number of fused-ring (bicyclic) bond motifs is 1. The van der Waals surface area contributed by atoms with Gasteiger partial charge in [0.2, 0.25) is 5.91 Å². The Hall–Kier alpha value is -2.90. The minimum atomic E-state index is -1.23. The van der Waals surface area contributed by atoms with Gasteiger partial charge in [-0.1, -0.05) is 6.07 Å². The standard InChI is InChI=1S/C13H14N4O4/c14-10(18)5-4-8(13(20)21)16-12(19)9-7-17-6-2-1-3-11(17)15-9/h1-3,6-8H,4-5H2,(H2,14,18)(H,16,19)(H,20,21)/t8-/m0/s1. The largest absolute Gasteiger partial charge is 0.480 e. The number of primary amides is 1. The molecule has 2 heterocycles. The normalized spacial score (nSPS) is 12.0. The maximum absolute atomic E-state index is 12.0. The summed E-state index contributed by atoms with van der Waals surface area (Å²) in [5, 5.41) is 11.4. The van der Waals surface area contributed by atoms with E-state index in [-0.39, 0.29) is 18.5 Å². The highest BCUT2D eigenvalue weighted by atomic mass is 16.4. The van der Waals surface area contributed by atoms with Crippen LogP contribution in [-0.4, -0.2) is 38.3 Å². The number of rotatable bonds is 6. The van der Waals surface area contributed by atoms with Crippen LogP contribution in [0, 0.1) is 0 Å². The summed E-state index contributed by atoms with van der Waals surface area (Å²) in [5.41, 5.74) is 5.65. The molecule has 8 heteroatoms. The second kappa shape index (κ2) is 6.04. The summed E-state index contributed by atoms with van der Waals surface area (Å²) < 4.78 is 1.65. The summed E-state index contributed by atoms with van der Waals surface area (Å²) in [6.07, 6.45) is 3.03. The van der Waals surface area contributed by atoms with E-state index in [0.717, 1.165) is 0 Å². The Balaban J connectivity index is 2.10. The summed E-state index contributed by atoms with van der Waals surface area (Å²) in [5.74, 6) is -2.47. The molecule has 0 aliphatic rings. The molecule has 110 valence electrons. The molecule has 21 heavy (non-hydrogen) atoms. The molecule has 0 bridgehead atoms. The SMILES string of the molecule is NC(=O)CC[C@H](NC(=O)c1cn2ccccc2n1)C(=O)O. The number of amides is 2. The third-order valence-electron chi connectivity index (χ3n) is 2.88. The lowest BCUT2D eigenvalue weighted by molar-refractivity contribution is -0.139. The zero-order chi connectivity index (χ0) is 15.4. The van der Waals surface area contributed by atoms with Gasteiger partial charge >= 0.3 is 5.97 Å². The number of nitrogens with two attached hydrogens (primary N) is 1. The Labute approximate surface area is 119 Å². The fourth-order valence-corrected chi connectivity index (χ4v) is 1.82. The minimum absolute atomic E-state index is 0.0657. The van der Waals surface area contributed by atoms with Gasteiger partial charge in [-0.15, -0.1) is 0 Å². The van der Waals surface area contributed by atoms with Crippen molar-refractivity contribution in [3.8, 4) is 0 Å². The van der Waals surface area contributed by atoms with Crippen molar-refractivity contribution in [3.05, 3.63) is 36.3 Å². The van der Waals surface area contributed by atoms with Crippen molar-refractivity contribution in [2.24, 2.45) is 5.73 Å². The lowest BCUT2D eigenvalue weighted by atomic mass is 10.1. The molecule has 1 atom stereocenters. The Kier molecular flexibility index (Phi) is 4.17. The van der Waals surface area contributed by atoms with Gasteiger partial charge in [-0.2, -0.15) is 0 Å². The van der Waals surface area contributed by atoms with Crippen LogP contribution in [0.2, 0.25) is 0 Å². The van der Waals surface area contributed by atoms with Crippen molar-refractivity contribution >= 4 is 23.4 Å². The van der Waals surface area contributed by atoms with Gasteiger partial charge in [-0.3, -0.25) is 9.59 Å². The lowest BCUT2D eigenvalue weighted by Gasteiger charge is -2.12. The van der Waals surface area contributed by atoms with Crippen LogP contribution in [0.4, 0.5) is 0 Å². The molecule has 0 unspecified atom stereocenters. The molecule has 2 aromatic heterocycles. The summed E-state index contributed by atoms with van der Waals surface area (Å²) in [7, 11) is 0. The number of pyridine rings is 1. The number of hydrogen-bond acceptors (Lipinski definition) is 4. The van der Waals surface area contributed by atoms with Crippen LogP contribution in [0.1, 0.15) is 23.3 Å². The molecule has 0 radical (unpaired) electrons. The van der Waals surface area contributed by atoms with Crippen LogP contribution in [0.15, 0.2) is 30.6 Å². The van der Waals surface area contributed by atoms with E-state index in [0.29, 0.717) is 5.65 Å². The zero-order valence-corrected chi connectivity index (χ0v) is 11.0. The molecule has 0 saturated heterocycles. The number of carbonyl (C=O) groups is 3. The monoisotopic (exact) mass is 290 g/mol. The maximum atomic E-state index is 12.0. The number of imidazole rings is 1. The van der Waals surface area contributed by atoms with Gasteiger partial charge < -0.3 is 20.6 Å². The third-order valence-corrected chi connectivity index (χ3v) is 2.88. The molecule has 2 aromatic rings. The van der Waals surface area contributed by atoms with Crippen molar-refractivity contribution < 1.29 is 19.5 Å². The van der Waals surface area contributed by atoms with Crippen LogP contribution >= 0.6 is 0 Å². The number of hydrogen-bond donors (Lipinski definition) is 3. The highest BCUT2D eigenvalue weighted by Gasteiger charge is 2.22. The number of carboxylic acid groups (broad SMARTS) is 1. The van der Waals surface area contributed by atoms with E-state index >= 15 is 0 Å². The molecular weight excluding hydrogens is 276 g/mol. The minimum Gasteiger partial charge on any atom is -0.480 e. The molecule has 0 aliphatic carbocycles. The Morgan fingerprint density at radius 2 is 2.14 bits per heavy atom. The van der Waals surface area contributed by atoms with E-state index in [1.807, 2.05) is 0 Å². The van der Waals surface area contributed by atoms with E-state index in [1.165, 1.54) is 6.20 Å². The van der Waals surface area contributed by atoms with Gasteiger partial charge in [0, 0.05) is 18.8 Å². The number of nitrogens with zero attached hydrogens (tertiary/aromatic N) is 2. The third kappa shape index (κ3) is 3.56. The zero-order valence-electron chi connectivity index (χ0n) is 11.0. The average Bonchev–Trinajstić information content (AvgIpc) is 2.86. The van der Waals surface area contributed by atoms with E-state index in [4.69, 9.17) is 10.8 Å². The Bertz CT molecular complexity index is 661. The molecule has 0 saturated carbocycles. The molecule has 0 aliphatic heterocycles. The molecule has 2 rings (SSSR count). The molecule has 0 aromatic carbocycles. The smallest absolute Gasteiger partial charge is 0.326 e. The number of nitrogens with one attached hydrogen (secondary N) is 1. The first-order valence-electron chi connectivity index (χ1n) is 6.23. The van der Waals surface area contributed by atoms with Gasteiger partial charge in [0.1, 0.15) is 17.4 Å².